The molecule has 0 aliphatic carbocycles. The molecular weight excluding hydrogens is 440 g/mol. The van der Waals surface area contributed by atoms with Crippen LogP contribution in [0.15, 0.2) is 42.5 Å². The zero-order valence-corrected chi connectivity index (χ0v) is 18.5. The number of ether oxygens (including phenoxy) is 3. The molecule has 1 aliphatic heterocycles. The molecule has 2 aromatic carbocycles. The Morgan fingerprint density at radius 3 is 2.44 bits per heavy atom. The molecule has 10 nitrogen and oxygen atoms in total. The SMILES string of the molecule is CCS(=O)(=O)N1C[C@@H](C(=O)Nc2cc(C(=O)OC)ccc2C(=O)OC)Oc2ccccc21. The van der Waals surface area contributed by atoms with E-state index in [4.69, 9.17) is 9.47 Å². The van der Waals surface area contributed by atoms with E-state index in [0.717, 1.165) is 4.31 Å². The molecule has 1 aliphatic rings. The molecule has 0 aromatic heterocycles. The molecule has 0 radical (unpaired) electrons. The van der Waals surface area contributed by atoms with Gasteiger partial charge in [0.25, 0.3) is 5.91 Å². The van der Waals surface area contributed by atoms with Gasteiger partial charge in [0.2, 0.25) is 10.0 Å². The van der Waals surface area contributed by atoms with Crippen LogP contribution in [0.2, 0.25) is 0 Å². The number of sulfonamides is 1. The second-order valence-electron chi connectivity index (χ2n) is 6.74. The Balaban J connectivity index is 1.95. The van der Waals surface area contributed by atoms with E-state index in [0.29, 0.717) is 5.69 Å². The van der Waals surface area contributed by atoms with Gasteiger partial charge in [0, 0.05) is 0 Å². The van der Waals surface area contributed by atoms with E-state index in [9.17, 15) is 22.8 Å². The first-order valence-electron chi connectivity index (χ1n) is 9.59. The van der Waals surface area contributed by atoms with Crippen molar-refractivity contribution in [2.75, 3.05) is 36.1 Å². The molecule has 0 bridgehead atoms. The van der Waals surface area contributed by atoms with Gasteiger partial charge < -0.3 is 19.5 Å². The van der Waals surface area contributed by atoms with Crippen LogP contribution < -0.4 is 14.4 Å². The van der Waals surface area contributed by atoms with E-state index >= 15 is 0 Å². The van der Waals surface area contributed by atoms with Gasteiger partial charge in [-0.3, -0.25) is 9.10 Å². The number of esters is 2. The number of nitrogens with one attached hydrogen (secondary N) is 1. The summed E-state index contributed by atoms with van der Waals surface area (Å²) < 4.78 is 41.5. The van der Waals surface area contributed by atoms with Crippen molar-refractivity contribution < 1.29 is 37.0 Å². The van der Waals surface area contributed by atoms with Crippen molar-refractivity contribution in [3.8, 4) is 5.75 Å². The third-order valence-electron chi connectivity index (χ3n) is 4.83. The topological polar surface area (TPSA) is 128 Å². The van der Waals surface area contributed by atoms with Crippen molar-refractivity contribution in [2.24, 2.45) is 0 Å². The van der Waals surface area contributed by atoms with Gasteiger partial charge in [0.15, 0.2) is 6.10 Å². The largest absolute Gasteiger partial charge is 0.476 e. The second kappa shape index (κ2) is 9.27. The van der Waals surface area contributed by atoms with Crippen LogP contribution in [-0.2, 0) is 24.3 Å². The number of nitrogens with zero attached hydrogens (tertiary/aromatic N) is 1. The molecule has 11 heteroatoms. The highest BCUT2D eigenvalue weighted by atomic mass is 32.2. The predicted octanol–water partition coefficient (Wildman–Crippen LogP) is 1.82. The Morgan fingerprint density at radius 2 is 1.78 bits per heavy atom. The summed E-state index contributed by atoms with van der Waals surface area (Å²) in [5, 5.41) is 2.54. The number of hydrogen-bond donors (Lipinski definition) is 1. The summed E-state index contributed by atoms with van der Waals surface area (Å²) in [6, 6.07) is 10.4. The number of hydrogen-bond acceptors (Lipinski definition) is 8. The lowest BCUT2D eigenvalue weighted by molar-refractivity contribution is -0.122. The fourth-order valence-corrected chi connectivity index (χ4v) is 4.28. The van der Waals surface area contributed by atoms with Crippen molar-refractivity contribution in [1.29, 1.82) is 0 Å². The van der Waals surface area contributed by atoms with Crippen LogP contribution in [0.5, 0.6) is 5.75 Å². The van der Waals surface area contributed by atoms with Gasteiger partial charge in [-0.05, 0) is 37.3 Å². The molecule has 32 heavy (non-hydrogen) atoms. The van der Waals surface area contributed by atoms with Crippen LogP contribution in [0.1, 0.15) is 27.6 Å². The number of amides is 1. The van der Waals surface area contributed by atoms with Gasteiger partial charge in [-0.25, -0.2) is 18.0 Å². The van der Waals surface area contributed by atoms with Gasteiger partial charge in [-0.2, -0.15) is 0 Å². The molecule has 0 saturated heterocycles. The molecule has 3 rings (SSSR count). The first-order chi connectivity index (χ1) is 15.2. The summed E-state index contributed by atoms with van der Waals surface area (Å²) in [5.41, 5.74) is 0.432. The monoisotopic (exact) mass is 462 g/mol. The maximum Gasteiger partial charge on any atom is 0.339 e. The normalized spacial score (nSPS) is 15.2. The van der Waals surface area contributed by atoms with Crippen molar-refractivity contribution in [1.82, 2.24) is 0 Å². The minimum Gasteiger partial charge on any atom is -0.476 e. The van der Waals surface area contributed by atoms with Crippen LogP contribution in [0.25, 0.3) is 0 Å². The minimum atomic E-state index is -3.68. The third kappa shape index (κ3) is 4.52. The standard InChI is InChI=1S/C21H22N2O8S/c1-4-32(27,28)23-12-18(31-17-8-6-5-7-16(17)23)19(24)22-15-11-13(20(25)29-2)9-10-14(15)21(26)30-3/h5-11,18H,4,12H2,1-3H3,(H,22,24)/t18-/m0/s1. The van der Waals surface area contributed by atoms with Crippen LogP contribution in [0.4, 0.5) is 11.4 Å². The minimum absolute atomic E-state index is 0.00254. The molecule has 1 N–H and O–H groups in total. The Bertz CT molecular complexity index is 1160. The molecule has 1 heterocycles. The fraction of sp³-hybridized carbons (Fsp3) is 0.286. The molecule has 0 fully saturated rings. The maximum atomic E-state index is 13.0. The molecule has 170 valence electrons. The average Bonchev–Trinajstić information content (AvgIpc) is 2.82. The molecular formula is C21H22N2O8S. The number of anilines is 2. The van der Waals surface area contributed by atoms with E-state index in [1.54, 1.807) is 24.3 Å². The second-order valence-corrected chi connectivity index (χ2v) is 8.92. The quantitative estimate of drug-likeness (QED) is 0.644. The summed E-state index contributed by atoms with van der Waals surface area (Å²) in [4.78, 5) is 37.0. The lowest BCUT2D eigenvalue weighted by atomic mass is 10.1. The van der Waals surface area contributed by atoms with E-state index in [1.807, 2.05) is 0 Å². The number of rotatable bonds is 6. The van der Waals surface area contributed by atoms with E-state index in [2.05, 4.69) is 10.1 Å². The number of para-hydroxylation sites is 2. The maximum absolute atomic E-state index is 13.0. The van der Waals surface area contributed by atoms with Crippen LogP contribution >= 0.6 is 0 Å². The first-order valence-corrected chi connectivity index (χ1v) is 11.2. The number of carbonyl (C=O) groups excluding carboxylic acids is 3. The highest BCUT2D eigenvalue weighted by Gasteiger charge is 2.36. The zero-order chi connectivity index (χ0) is 23.5. The van der Waals surface area contributed by atoms with Crippen LogP contribution in [0.3, 0.4) is 0 Å². The van der Waals surface area contributed by atoms with E-state index < -0.39 is 34.0 Å². The molecule has 1 atom stereocenters. The van der Waals surface area contributed by atoms with Crippen molar-refractivity contribution in [3.05, 3.63) is 53.6 Å². The molecule has 2 aromatic rings. The number of benzene rings is 2. The first kappa shape index (κ1) is 23.1. The Morgan fingerprint density at radius 1 is 1.09 bits per heavy atom. The third-order valence-corrected chi connectivity index (χ3v) is 6.58. The van der Waals surface area contributed by atoms with Gasteiger partial charge in [0.1, 0.15) is 5.75 Å². The van der Waals surface area contributed by atoms with Gasteiger partial charge in [0.05, 0.1) is 49.0 Å². The van der Waals surface area contributed by atoms with Gasteiger partial charge in [-0.1, -0.05) is 12.1 Å². The highest BCUT2D eigenvalue weighted by Crippen LogP contribution is 2.35. The van der Waals surface area contributed by atoms with Crippen LogP contribution in [0, 0.1) is 0 Å². The average molecular weight is 462 g/mol. The van der Waals surface area contributed by atoms with Gasteiger partial charge >= 0.3 is 11.9 Å². The highest BCUT2D eigenvalue weighted by molar-refractivity contribution is 7.92. The molecule has 0 saturated carbocycles. The smallest absolute Gasteiger partial charge is 0.339 e. The van der Waals surface area contributed by atoms with Crippen molar-refractivity contribution in [3.63, 3.8) is 0 Å². The molecule has 0 unspecified atom stereocenters. The predicted molar refractivity (Wildman–Crippen MR) is 115 cm³/mol. The molecule has 0 spiro atoms. The number of methoxy groups -OCH3 is 2. The Kier molecular flexibility index (Phi) is 6.68. The van der Waals surface area contributed by atoms with Crippen molar-refractivity contribution >= 4 is 39.2 Å². The van der Waals surface area contributed by atoms with Crippen LogP contribution in [-0.4, -0.2) is 58.9 Å². The number of fused-ring (bicyclic) bond motifs is 1. The summed E-state index contributed by atoms with van der Waals surface area (Å²) >= 11 is 0. The summed E-state index contributed by atoms with van der Waals surface area (Å²) in [7, 11) is -1.31. The lowest BCUT2D eigenvalue weighted by Gasteiger charge is -2.34. The number of carbonyl (C=O) groups is 3. The van der Waals surface area contributed by atoms with Gasteiger partial charge in [-0.15, -0.1) is 0 Å². The summed E-state index contributed by atoms with van der Waals surface area (Å²) in [6.07, 6.45) is -1.21. The lowest BCUT2D eigenvalue weighted by Crippen LogP contribution is -2.49. The Hall–Kier alpha value is -3.60. The van der Waals surface area contributed by atoms with E-state index in [1.165, 1.54) is 39.3 Å². The summed E-state index contributed by atoms with van der Waals surface area (Å²) in [6.45, 7) is 1.24. The van der Waals surface area contributed by atoms with E-state index in [-0.39, 0.29) is 34.9 Å². The Labute approximate surface area is 185 Å². The summed E-state index contributed by atoms with van der Waals surface area (Å²) in [5.74, 6) is -2.04. The zero-order valence-electron chi connectivity index (χ0n) is 17.7. The molecule has 1 amide bonds. The van der Waals surface area contributed by atoms with Crippen molar-refractivity contribution in [2.45, 2.75) is 13.0 Å². The fourth-order valence-electron chi connectivity index (χ4n) is 3.15.